The van der Waals surface area contributed by atoms with Crippen LogP contribution in [0.2, 0.25) is 0 Å². The Kier molecular flexibility index (Phi) is 1.69. The minimum atomic E-state index is 0.922. The minimum Gasteiger partial charge on any atom is -0.549 e. The SMILES string of the molecule is [SiH2]Oc1ccccc1. The van der Waals surface area contributed by atoms with E-state index in [4.69, 9.17) is 4.43 Å². The molecule has 2 heteroatoms. The van der Waals surface area contributed by atoms with Crippen molar-refractivity contribution in [2.75, 3.05) is 0 Å². The Morgan fingerprint density at radius 3 is 2.12 bits per heavy atom. The summed E-state index contributed by atoms with van der Waals surface area (Å²) in [5.41, 5.74) is 0. The van der Waals surface area contributed by atoms with Crippen LogP contribution in [-0.4, -0.2) is 10.5 Å². The number of para-hydroxylation sites is 1. The third-order valence-electron chi connectivity index (χ3n) is 0.910. The van der Waals surface area contributed by atoms with Gasteiger partial charge in [-0.05, 0) is 12.1 Å². The van der Waals surface area contributed by atoms with Crippen LogP contribution < -0.4 is 4.43 Å². The highest BCUT2D eigenvalue weighted by Crippen LogP contribution is 2.05. The molecule has 41 valence electrons. The molecule has 0 amide bonds. The molecule has 0 aliphatic carbocycles. The van der Waals surface area contributed by atoms with Crippen molar-refractivity contribution in [2.45, 2.75) is 0 Å². The van der Waals surface area contributed by atoms with Gasteiger partial charge in [-0.2, -0.15) is 0 Å². The Morgan fingerprint density at radius 1 is 1.12 bits per heavy atom. The van der Waals surface area contributed by atoms with Crippen molar-refractivity contribution in [3.05, 3.63) is 30.3 Å². The summed E-state index contributed by atoms with van der Waals surface area (Å²) in [5, 5.41) is 0. The summed E-state index contributed by atoms with van der Waals surface area (Å²) in [5.74, 6) is 0.922. The van der Waals surface area contributed by atoms with Crippen LogP contribution in [-0.2, 0) is 0 Å². The van der Waals surface area contributed by atoms with Crippen LogP contribution in [0.1, 0.15) is 0 Å². The van der Waals surface area contributed by atoms with Gasteiger partial charge in [0.05, 0.1) is 0 Å². The maximum atomic E-state index is 4.94. The van der Waals surface area contributed by atoms with Crippen LogP contribution in [0, 0.1) is 0 Å². The molecule has 0 atom stereocenters. The zero-order valence-electron chi connectivity index (χ0n) is 4.50. The number of rotatable bonds is 1. The fraction of sp³-hybridized carbons (Fsp3) is 0. The standard InChI is InChI=1S/C6H7OSi/c8-7-6-4-2-1-3-5-6/h1-5H,8H2. The average Bonchev–Trinajstić information content (AvgIpc) is 1.90. The molecular weight excluding hydrogens is 116 g/mol. The molecule has 0 unspecified atom stereocenters. The van der Waals surface area contributed by atoms with Crippen molar-refractivity contribution in [3.63, 3.8) is 0 Å². The first-order valence-corrected chi connectivity index (χ1v) is 2.98. The van der Waals surface area contributed by atoms with Crippen molar-refractivity contribution in [1.29, 1.82) is 0 Å². The van der Waals surface area contributed by atoms with E-state index < -0.39 is 0 Å². The quantitative estimate of drug-likeness (QED) is 0.497. The maximum absolute atomic E-state index is 4.94. The van der Waals surface area contributed by atoms with Gasteiger partial charge in [-0.1, -0.05) is 18.2 Å². The Hall–Kier alpha value is -0.763. The van der Waals surface area contributed by atoms with Crippen molar-refractivity contribution in [1.82, 2.24) is 0 Å². The van der Waals surface area contributed by atoms with Crippen molar-refractivity contribution in [3.8, 4) is 5.75 Å². The van der Waals surface area contributed by atoms with Gasteiger partial charge in [0.2, 0.25) is 10.5 Å². The lowest BCUT2D eigenvalue weighted by Crippen LogP contribution is -1.81. The fourth-order valence-electron chi connectivity index (χ4n) is 0.517. The molecule has 1 radical (unpaired) electrons. The van der Waals surface area contributed by atoms with Gasteiger partial charge in [-0.15, -0.1) is 0 Å². The van der Waals surface area contributed by atoms with Gasteiger partial charge < -0.3 is 4.43 Å². The van der Waals surface area contributed by atoms with Gasteiger partial charge in [-0.3, -0.25) is 0 Å². The molecule has 1 aromatic rings. The molecule has 1 rings (SSSR count). The molecule has 0 heterocycles. The highest BCUT2D eigenvalue weighted by molar-refractivity contribution is 5.99. The first-order chi connectivity index (χ1) is 3.93. The summed E-state index contributed by atoms with van der Waals surface area (Å²) < 4.78 is 4.94. The van der Waals surface area contributed by atoms with Crippen LogP contribution in [0.25, 0.3) is 0 Å². The normalized spacial score (nSPS) is 8.62. The molecule has 0 saturated heterocycles. The van der Waals surface area contributed by atoms with Crippen LogP contribution in [0.4, 0.5) is 0 Å². The zero-order chi connectivity index (χ0) is 5.82. The van der Waals surface area contributed by atoms with Gasteiger partial charge in [0.1, 0.15) is 5.75 Å². The predicted octanol–water partition coefficient (Wildman–Crippen LogP) is 0.613. The second-order valence-corrected chi connectivity index (χ2v) is 1.75. The maximum Gasteiger partial charge on any atom is 0.243 e. The highest BCUT2D eigenvalue weighted by atomic mass is 28.2. The van der Waals surface area contributed by atoms with E-state index >= 15 is 0 Å². The molecular formula is C6H7OSi. The summed E-state index contributed by atoms with van der Waals surface area (Å²) in [7, 11) is 1.48. The molecule has 0 aliphatic rings. The summed E-state index contributed by atoms with van der Waals surface area (Å²) in [6.45, 7) is 0. The van der Waals surface area contributed by atoms with E-state index in [9.17, 15) is 0 Å². The molecule has 0 aromatic heterocycles. The zero-order valence-corrected chi connectivity index (χ0v) is 5.92. The monoisotopic (exact) mass is 123 g/mol. The van der Waals surface area contributed by atoms with Gasteiger partial charge in [-0.25, -0.2) is 0 Å². The van der Waals surface area contributed by atoms with Gasteiger partial charge in [0.25, 0.3) is 0 Å². The molecule has 1 aromatic carbocycles. The van der Waals surface area contributed by atoms with Gasteiger partial charge in [0.15, 0.2) is 0 Å². The second kappa shape index (κ2) is 2.52. The lowest BCUT2D eigenvalue weighted by atomic mass is 10.3. The Labute approximate surface area is 51.8 Å². The lowest BCUT2D eigenvalue weighted by Gasteiger charge is -1.94. The molecule has 0 bridgehead atoms. The third kappa shape index (κ3) is 1.10. The summed E-state index contributed by atoms with van der Waals surface area (Å²) in [6, 6.07) is 9.71. The fourth-order valence-corrected chi connectivity index (χ4v) is 0.709. The summed E-state index contributed by atoms with van der Waals surface area (Å²) in [4.78, 5) is 0. The summed E-state index contributed by atoms with van der Waals surface area (Å²) in [6.07, 6.45) is 0. The van der Waals surface area contributed by atoms with Crippen LogP contribution in [0.15, 0.2) is 30.3 Å². The van der Waals surface area contributed by atoms with Gasteiger partial charge >= 0.3 is 0 Å². The predicted molar refractivity (Wildman–Crippen MR) is 35.6 cm³/mol. The minimum absolute atomic E-state index is 0.922. The Morgan fingerprint density at radius 2 is 1.75 bits per heavy atom. The van der Waals surface area contributed by atoms with Gasteiger partial charge in [0, 0.05) is 0 Å². The smallest absolute Gasteiger partial charge is 0.243 e. The Balaban J connectivity index is 2.83. The van der Waals surface area contributed by atoms with E-state index in [2.05, 4.69) is 0 Å². The van der Waals surface area contributed by atoms with Crippen molar-refractivity contribution in [2.24, 2.45) is 0 Å². The van der Waals surface area contributed by atoms with Crippen LogP contribution >= 0.6 is 0 Å². The number of hydrogen-bond donors (Lipinski definition) is 0. The van der Waals surface area contributed by atoms with Crippen molar-refractivity contribution < 1.29 is 4.43 Å². The number of hydrogen-bond acceptors (Lipinski definition) is 1. The molecule has 1 nitrogen and oxygen atoms in total. The highest BCUT2D eigenvalue weighted by Gasteiger charge is 1.79. The largest absolute Gasteiger partial charge is 0.549 e. The molecule has 0 aliphatic heterocycles. The topological polar surface area (TPSA) is 9.23 Å². The first kappa shape index (κ1) is 5.38. The third-order valence-corrected chi connectivity index (χ3v) is 1.24. The summed E-state index contributed by atoms with van der Waals surface area (Å²) >= 11 is 0. The molecule has 8 heavy (non-hydrogen) atoms. The Bertz CT molecular complexity index is 150. The van der Waals surface area contributed by atoms with E-state index in [0.717, 1.165) is 5.75 Å². The van der Waals surface area contributed by atoms with Crippen LogP contribution in [0.3, 0.4) is 0 Å². The first-order valence-electron chi connectivity index (χ1n) is 2.40. The molecule has 0 fully saturated rings. The average molecular weight is 123 g/mol. The molecule has 0 N–H and O–H groups in total. The van der Waals surface area contributed by atoms with E-state index in [1.807, 2.05) is 30.3 Å². The van der Waals surface area contributed by atoms with E-state index in [1.165, 1.54) is 10.5 Å². The molecule has 0 spiro atoms. The van der Waals surface area contributed by atoms with E-state index in [1.54, 1.807) is 0 Å². The van der Waals surface area contributed by atoms with Crippen molar-refractivity contribution >= 4 is 10.5 Å². The van der Waals surface area contributed by atoms with E-state index in [-0.39, 0.29) is 0 Å². The lowest BCUT2D eigenvalue weighted by molar-refractivity contribution is 0.616. The van der Waals surface area contributed by atoms with E-state index in [0.29, 0.717) is 0 Å². The van der Waals surface area contributed by atoms with Crippen LogP contribution in [0.5, 0.6) is 5.75 Å². The number of benzene rings is 1. The molecule has 0 saturated carbocycles. The second-order valence-electron chi connectivity index (χ2n) is 1.46.